The molecule has 2 aromatic heterocycles. The number of imidazole rings is 1. The van der Waals surface area contributed by atoms with Crippen LogP contribution in [0.15, 0.2) is 39.0 Å². The number of benzene rings is 1. The molecule has 0 amide bonds. The standard InChI is InChI=1S/C19H21FN6O2/c1-5-25-18-21-16-15(26(18)12(3)11(2)22-25)17(27)24(19(28)23(16)4)10-13-6-8-14(20)9-7-13/h6-9,12H,5,10H2,1-4H3/t12-/m0/s1. The average molecular weight is 384 g/mol. The molecular formula is C19H21FN6O2. The van der Waals surface area contributed by atoms with Crippen LogP contribution in [-0.4, -0.2) is 30.9 Å². The highest BCUT2D eigenvalue weighted by Gasteiger charge is 2.30. The summed E-state index contributed by atoms with van der Waals surface area (Å²) in [5, 5.41) is 6.26. The minimum absolute atomic E-state index is 0.0567. The van der Waals surface area contributed by atoms with Gasteiger partial charge in [0.1, 0.15) is 5.82 Å². The summed E-state index contributed by atoms with van der Waals surface area (Å²) in [7, 11) is 1.60. The van der Waals surface area contributed by atoms with Crippen LogP contribution in [0.5, 0.6) is 0 Å². The molecule has 1 aliphatic heterocycles. The first kappa shape index (κ1) is 18.1. The van der Waals surface area contributed by atoms with E-state index in [4.69, 9.17) is 0 Å². The predicted molar refractivity (Wildman–Crippen MR) is 106 cm³/mol. The molecule has 3 heterocycles. The number of hydrazone groups is 1. The van der Waals surface area contributed by atoms with Crippen LogP contribution < -0.4 is 16.3 Å². The number of nitrogens with zero attached hydrogens (tertiary/aromatic N) is 6. The van der Waals surface area contributed by atoms with E-state index in [1.165, 1.54) is 16.7 Å². The Kier molecular flexibility index (Phi) is 4.17. The number of hydrogen-bond acceptors (Lipinski definition) is 5. The zero-order valence-electron chi connectivity index (χ0n) is 16.2. The normalized spacial score (nSPS) is 16.4. The Morgan fingerprint density at radius 1 is 1.18 bits per heavy atom. The zero-order valence-corrected chi connectivity index (χ0v) is 16.2. The van der Waals surface area contributed by atoms with Crippen LogP contribution in [0.2, 0.25) is 0 Å². The molecule has 1 aliphatic rings. The molecule has 8 nitrogen and oxygen atoms in total. The third-order valence-corrected chi connectivity index (χ3v) is 5.21. The second kappa shape index (κ2) is 6.43. The van der Waals surface area contributed by atoms with Crippen LogP contribution in [0.1, 0.15) is 32.4 Å². The van der Waals surface area contributed by atoms with Crippen molar-refractivity contribution >= 4 is 22.8 Å². The van der Waals surface area contributed by atoms with E-state index in [0.717, 1.165) is 10.3 Å². The lowest BCUT2D eigenvalue weighted by Gasteiger charge is -2.28. The first-order valence-corrected chi connectivity index (χ1v) is 9.12. The number of hydrogen-bond donors (Lipinski definition) is 0. The molecule has 3 aromatic rings. The van der Waals surface area contributed by atoms with Gasteiger partial charge in [-0.15, -0.1) is 0 Å². The number of rotatable bonds is 3. The van der Waals surface area contributed by atoms with Crippen molar-refractivity contribution in [2.75, 3.05) is 11.6 Å². The number of aryl methyl sites for hydroxylation is 1. The fourth-order valence-electron chi connectivity index (χ4n) is 3.51. The van der Waals surface area contributed by atoms with Crippen molar-refractivity contribution in [3.63, 3.8) is 0 Å². The van der Waals surface area contributed by atoms with Gasteiger partial charge in [0.2, 0.25) is 5.95 Å². The molecule has 9 heteroatoms. The maximum absolute atomic E-state index is 13.3. The molecule has 0 aliphatic carbocycles. The van der Waals surface area contributed by atoms with Gasteiger partial charge in [0, 0.05) is 13.6 Å². The minimum atomic E-state index is -0.467. The quantitative estimate of drug-likeness (QED) is 0.691. The molecular weight excluding hydrogens is 363 g/mol. The van der Waals surface area contributed by atoms with Gasteiger partial charge < -0.3 is 0 Å². The minimum Gasteiger partial charge on any atom is -0.294 e. The van der Waals surface area contributed by atoms with Crippen molar-refractivity contribution in [1.29, 1.82) is 0 Å². The van der Waals surface area contributed by atoms with Crippen molar-refractivity contribution in [1.82, 2.24) is 18.7 Å². The van der Waals surface area contributed by atoms with Crippen LogP contribution in [0.4, 0.5) is 10.3 Å². The summed E-state index contributed by atoms with van der Waals surface area (Å²) in [4.78, 5) is 30.7. The molecule has 0 fully saturated rings. The fourth-order valence-corrected chi connectivity index (χ4v) is 3.51. The van der Waals surface area contributed by atoms with Crippen molar-refractivity contribution < 1.29 is 4.39 Å². The summed E-state index contributed by atoms with van der Waals surface area (Å²) in [6.07, 6.45) is 0. The molecule has 0 saturated carbocycles. The Bertz CT molecular complexity index is 1220. The van der Waals surface area contributed by atoms with E-state index in [9.17, 15) is 14.0 Å². The highest BCUT2D eigenvalue weighted by atomic mass is 19.1. The Hall–Kier alpha value is -3.23. The molecule has 0 saturated heterocycles. The third kappa shape index (κ3) is 2.57. The second-order valence-electron chi connectivity index (χ2n) is 6.95. The molecule has 146 valence electrons. The lowest BCUT2D eigenvalue weighted by molar-refractivity contribution is 0.620. The molecule has 0 spiro atoms. The van der Waals surface area contributed by atoms with E-state index < -0.39 is 11.2 Å². The number of halogens is 1. The first-order valence-electron chi connectivity index (χ1n) is 9.12. The van der Waals surface area contributed by atoms with Crippen LogP contribution in [0, 0.1) is 5.82 Å². The van der Waals surface area contributed by atoms with E-state index in [1.807, 2.05) is 25.3 Å². The Morgan fingerprint density at radius 3 is 2.50 bits per heavy atom. The molecule has 0 bridgehead atoms. The van der Waals surface area contributed by atoms with Gasteiger partial charge in [-0.25, -0.2) is 14.2 Å². The van der Waals surface area contributed by atoms with Gasteiger partial charge in [0.25, 0.3) is 5.56 Å². The van der Waals surface area contributed by atoms with E-state index in [2.05, 4.69) is 10.1 Å². The van der Waals surface area contributed by atoms with Crippen molar-refractivity contribution in [3.05, 3.63) is 56.5 Å². The Balaban J connectivity index is 1.99. The molecule has 4 rings (SSSR count). The van der Waals surface area contributed by atoms with Gasteiger partial charge in [-0.2, -0.15) is 10.1 Å². The maximum atomic E-state index is 13.3. The van der Waals surface area contributed by atoms with E-state index >= 15 is 0 Å². The monoisotopic (exact) mass is 384 g/mol. The summed E-state index contributed by atoms with van der Waals surface area (Å²) < 4.78 is 17.6. The van der Waals surface area contributed by atoms with Crippen LogP contribution in [0.25, 0.3) is 11.2 Å². The highest BCUT2D eigenvalue weighted by molar-refractivity contribution is 5.90. The van der Waals surface area contributed by atoms with Gasteiger partial charge >= 0.3 is 5.69 Å². The zero-order chi connectivity index (χ0) is 20.2. The SMILES string of the molecule is CCN1N=C(C)[C@H](C)n2c1nc1c2c(=O)n(Cc2ccc(F)cc2)c(=O)n1C. The van der Waals surface area contributed by atoms with Crippen LogP contribution in [-0.2, 0) is 13.6 Å². The lowest BCUT2D eigenvalue weighted by atomic mass is 10.2. The molecule has 28 heavy (non-hydrogen) atoms. The Labute approximate surface area is 160 Å². The third-order valence-electron chi connectivity index (χ3n) is 5.21. The number of aromatic nitrogens is 4. The van der Waals surface area contributed by atoms with Gasteiger partial charge in [0.05, 0.1) is 18.3 Å². The van der Waals surface area contributed by atoms with Gasteiger partial charge in [-0.1, -0.05) is 12.1 Å². The van der Waals surface area contributed by atoms with Crippen LogP contribution >= 0.6 is 0 Å². The maximum Gasteiger partial charge on any atom is 0.332 e. The summed E-state index contributed by atoms with van der Waals surface area (Å²) in [6, 6.07) is 5.59. The van der Waals surface area contributed by atoms with Crippen molar-refractivity contribution in [3.8, 4) is 0 Å². The van der Waals surface area contributed by atoms with Crippen molar-refractivity contribution in [2.45, 2.75) is 33.4 Å². The van der Waals surface area contributed by atoms with E-state index in [1.54, 1.807) is 24.2 Å². The van der Waals surface area contributed by atoms with E-state index in [0.29, 0.717) is 29.2 Å². The molecule has 1 aromatic carbocycles. The van der Waals surface area contributed by atoms with Gasteiger partial charge in [-0.05, 0) is 38.5 Å². The van der Waals surface area contributed by atoms with Gasteiger partial charge in [-0.3, -0.25) is 18.5 Å². The van der Waals surface area contributed by atoms with Crippen molar-refractivity contribution in [2.24, 2.45) is 12.1 Å². The highest BCUT2D eigenvalue weighted by Crippen LogP contribution is 2.29. The molecule has 0 radical (unpaired) electrons. The molecule has 0 N–H and O–H groups in total. The lowest BCUT2D eigenvalue weighted by Crippen LogP contribution is -2.40. The first-order chi connectivity index (χ1) is 13.3. The van der Waals surface area contributed by atoms with Crippen LogP contribution in [0.3, 0.4) is 0 Å². The number of fused-ring (bicyclic) bond motifs is 3. The number of anilines is 1. The summed E-state index contributed by atoms with van der Waals surface area (Å²) in [6.45, 7) is 6.45. The topological polar surface area (TPSA) is 77.4 Å². The summed E-state index contributed by atoms with van der Waals surface area (Å²) >= 11 is 0. The van der Waals surface area contributed by atoms with E-state index in [-0.39, 0.29) is 18.4 Å². The summed E-state index contributed by atoms with van der Waals surface area (Å²) in [5.41, 5.74) is 1.32. The molecule has 0 unspecified atom stereocenters. The fraction of sp³-hybridized carbons (Fsp3) is 0.368. The summed E-state index contributed by atoms with van der Waals surface area (Å²) in [5.74, 6) is 0.176. The van der Waals surface area contributed by atoms with Gasteiger partial charge in [0.15, 0.2) is 11.2 Å². The molecule has 1 atom stereocenters. The predicted octanol–water partition coefficient (Wildman–Crippen LogP) is 1.86. The second-order valence-corrected chi connectivity index (χ2v) is 6.95. The average Bonchev–Trinajstić information content (AvgIpc) is 3.09. The smallest absolute Gasteiger partial charge is 0.294 e. The Morgan fingerprint density at radius 2 is 1.86 bits per heavy atom. The largest absolute Gasteiger partial charge is 0.332 e.